The van der Waals surface area contributed by atoms with Gasteiger partial charge in [0.2, 0.25) is 0 Å². The maximum atomic E-state index is 13.3. The summed E-state index contributed by atoms with van der Waals surface area (Å²) in [7, 11) is 0. The monoisotopic (exact) mass is 297 g/mol. The normalized spacial score (nSPS) is 12.9. The Morgan fingerprint density at radius 1 is 1.35 bits per heavy atom. The van der Waals surface area contributed by atoms with E-state index in [9.17, 15) is 9.50 Å². The maximum Gasteiger partial charge on any atom is 0.138 e. The number of rotatable bonds is 5. The van der Waals surface area contributed by atoms with Gasteiger partial charge < -0.3 is 5.11 Å². The summed E-state index contributed by atoms with van der Waals surface area (Å²) < 4.78 is 15.0. The minimum Gasteiger partial charge on any atom is -0.388 e. The van der Waals surface area contributed by atoms with Crippen molar-refractivity contribution in [2.45, 2.75) is 32.9 Å². The van der Waals surface area contributed by atoms with E-state index < -0.39 is 11.9 Å². The van der Waals surface area contributed by atoms with Crippen molar-refractivity contribution in [3.05, 3.63) is 46.8 Å². The van der Waals surface area contributed by atoms with Crippen molar-refractivity contribution in [1.82, 2.24) is 14.8 Å². The summed E-state index contributed by atoms with van der Waals surface area (Å²) in [5.74, 6) is 0.637. The molecule has 1 aromatic heterocycles. The van der Waals surface area contributed by atoms with Gasteiger partial charge in [-0.25, -0.2) is 14.1 Å². The predicted octanol–water partition coefficient (Wildman–Crippen LogP) is 3.00. The second-order valence-corrected chi connectivity index (χ2v) is 5.61. The van der Waals surface area contributed by atoms with Crippen LogP contribution in [0.3, 0.4) is 0 Å². The lowest BCUT2D eigenvalue weighted by Gasteiger charge is -2.13. The number of hydrogen-bond acceptors (Lipinski definition) is 3. The highest BCUT2D eigenvalue weighted by Gasteiger charge is 2.15. The van der Waals surface area contributed by atoms with Crippen LogP contribution in [0.4, 0.5) is 4.39 Å². The van der Waals surface area contributed by atoms with Crippen LogP contribution in [0.25, 0.3) is 0 Å². The summed E-state index contributed by atoms with van der Waals surface area (Å²) in [6.45, 7) is 4.88. The first kappa shape index (κ1) is 14.9. The predicted molar refractivity (Wildman–Crippen MR) is 74.9 cm³/mol. The Kier molecular flexibility index (Phi) is 4.73. The van der Waals surface area contributed by atoms with Crippen molar-refractivity contribution in [2.24, 2.45) is 5.92 Å². The summed E-state index contributed by atoms with van der Waals surface area (Å²) in [4.78, 5) is 4.14. The van der Waals surface area contributed by atoms with Gasteiger partial charge in [0.15, 0.2) is 0 Å². The van der Waals surface area contributed by atoms with Crippen molar-refractivity contribution in [3.8, 4) is 0 Å². The van der Waals surface area contributed by atoms with E-state index >= 15 is 0 Å². The molecule has 0 amide bonds. The average molecular weight is 298 g/mol. The van der Waals surface area contributed by atoms with Crippen molar-refractivity contribution in [3.63, 3.8) is 0 Å². The van der Waals surface area contributed by atoms with E-state index in [1.165, 1.54) is 18.5 Å². The van der Waals surface area contributed by atoms with Crippen LogP contribution in [0.15, 0.2) is 24.5 Å². The largest absolute Gasteiger partial charge is 0.388 e. The minimum absolute atomic E-state index is 0.266. The first-order valence-corrected chi connectivity index (χ1v) is 6.84. The van der Waals surface area contributed by atoms with Crippen LogP contribution < -0.4 is 0 Å². The van der Waals surface area contributed by atoms with Crippen molar-refractivity contribution in [1.29, 1.82) is 0 Å². The number of aromatic nitrogens is 3. The smallest absolute Gasteiger partial charge is 0.138 e. The van der Waals surface area contributed by atoms with Gasteiger partial charge in [-0.15, -0.1) is 0 Å². The molecule has 0 aliphatic carbocycles. The fourth-order valence-electron chi connectivity index (χ4n) is 2.00. The number of aliphatic hydroxyl groups excluding tert-OH is 1. The minimum atomic E-state index is -0.863. The van der Waals surface area contributed by atoms with E-state index in [2.05, 4.69) is 23.9 Å². The molecule has 0 aliphatic rings. The van der Waals surface area contributed by atoms with E-state index in [4.69, 9.17) is 11.6 Å². The molecule has 1 aromatic carbocycles. The summed E-state index contributed by atoms with van der Waals surface area (Å²) in [5.41, 5.74) is 0.439. The quantitative estimate of drug-likeness (QED) is 0.923. The molecule has 20 heavy (non-hydrogen) atoms. The lowest BCUT2D eigenvalue weighted by Crippen LogP contribution is -2.13. The summed E-state index contributed by atoms with van der Waals surface area (Å²) in [6, 6.07) is 4.04. The Morgan fingerprint density at radius 2 is 2.10 bits per heavy atom. The summed E-state index contributed by atoms with van der Waals surface area (Å²) >= 11 is 5.79. The summed E-state index contributed by atoms with van der Waals surface area (Å²) in [6.07, 6.45) is 0.869. The molecule has 2 aromatic rings. The molecule has 1 unspecified atom stereocenters. The van der Waals surface area contributed by atoms with E-state index in [0.717, 1.165) is 6.54 Å². The molecule has 4 nitrogen and oxygen atoms in total. The molecule has 1 heterocycles. The standard InChI is InChI=1S/C14H17ClFN3O/c1-9(2)7-19-14(17-8-18-19)6-13(20)10-3-11(15)5-12(16)4-10/h3-5,8-9,13,20H,6-7H2,1-2H3. The molecule has 0 fully saturated rings. The highest BCUT2D eigenvalue weighted by Crippen LogP contribution is 2.22. The van der Waals surface area contributed by atoms with Crippen molar-refractivity contribution >= 4 is 11.6 Å². The summed E-state index contributed by atoms with van der Waals surface area (Å²) in [5, 5.41) is 14.6. The van der Waals surface area contributed by atoms with E-state index in [-0.39, 0.29) is 11.4 Å². The zero-order chi connectivity index (χ0) is 14.7. The van der Waals surface area contributed by atoms with Gasteiger partial charge >= 0.3 is 0 Å². The van der Waals surface area contributed by atoms with E-state index in [1.807, 2.05) is 0 Å². The Morgan fingerprint density at radius 3 is 2.75 bits per heavy atom. The molecule has 6 heteroatoms. The number of aliphatic hydroxyl groups is 1. The third kappa shape index (κ3) is 3.77. The van der Waals surface area contributed by atoms with Crippen LogP contribution in [0, 0.1) is 11.7 Å². The van der Waals surface area contributed by atoms with Gasteiger partial charge in [-0.1, -0.05) is 25.4 Å². The van der Waals surface area contributed by atoms with Gasteiger partial charge in [-0.3, -0.25) is 0 Å². The van der Waals surface area contributed by atoms with Crippen LogP contribution in [0.2, 0.25) is 5.02 Å². The zero-order valence-corrected chi connectivity index (χ0v) is 12.2. The van der Waals surface area contributed by atoms with Crippen LogP contribution in [0.1, 0.15) is 31.3 Å². The Bertz CT molecular complexity index is 565. The van der Waals surface area contributed by atoms with Gasteiger partial charge in [0.05, 0.1) is 6.10 Å². The average Bonchev–Trinajstić information content (AvgIpc) is 2.74. The molecule has 0 saturated heterocycles. The van der Waals surface area contributed by atoms with Crippen molar-refractivity contribution in [2.75, 3.05) is 0 Å². The fourth-order valence-corrected chi connectivity index (χ4v) is 2.23. The molecular formula is C14H17ClFN3O. The number of nitrogens with zero attached hydrogens (tertiary/aromatic N) is 3. The van der Waals surface area contributed by atoms with Crippen LogP contribution in [-0.2, 0) is 13.0 Å². The molecule has 2 rings (SSSR count). The maximum absolute atomic E-state index is 13.3. The number of benzene rings is 1. The van der Waals surface area contributed by atoms with Gasteiger partial charge in [0.25, 0.3) is 0 Å². The second kappa shape index (κ2) is 6.33. The molecule has 1 N–H and O–H groups in total. The molecule has 0 bridgehead atoms. The van der Waals surface area contributed by atoms with Crippen LogP contribution in [-0.4, -0.2) is 19.9 Å². The highest BCUT2D eigenvalue weighted by molar-refractivity contribution is 6.30. The van der Waals surface area contributed by atoms with E-state index in [1.54, 1.807) is 10.7 Å². The SMILES string of the molecule is CC(C)Cn1ncnc1CC(O)c1cc(F)cc(Cl)c1. The zero-order valence-electron chi connectivity index (χ0n) is 11.4. The Hall–Kier alpha value is -1.46. The topological polar surface area (TPSA) is 50.9 Å². The van der Waals surface area contributed by atoms with Crippen LogP contribution >= 0.6 is 11.6 Å². The van der Waals surface area contributed by atoms with Crippen molar-refractivity contribution < 1.29 is 9.50 Å². The molecular weight excluding hydrogens is 281 g/mol. The second-order valence-electron chi connectivity index (χ2n) is 5.17. The Balaban J connectivity index is 2.15. The van der Waals surface area contributed by atoms with Gasteiger partial charge in [-0.2, -0.15) is 5.10 Å². The highest BCUT2D eigenvalue weighted by atomic mass is 35.5. The van der Waals surface area contributed by atoms with Gasteiger partial charge in [-0.05, 0) is 29.7 Å². The molecule has 0 aliphatic heterocycles. The molecule has 0 radical (unpaired) electrons. The number of halogens is 2. The molecule has 0 saturated carbocycles. The molecule has 1 atom stereocenters. The van der Waals surface area contributed by atoms with E-state index in [0.29, 0.717) is 17.3 Å². The first-order chi connectivity index (χ1) is 9.45. The van der Waals surface area contributed by atoms with Gasteiger partial charge in [0, 0.05) is 18.0 Å². The third-order valence-electron chi connectivity index (χ3n) is 2.88. The molecule has 0 spiro atoms. The van der Waals surface area contributed by atoms with Crippen LogP contribution in [0.5, 0.6) is 0 Å². The molecule has 108 valence electrons. The number of hydrogen-bond donors (Lipinski definition) is 1. The van der Waals surface area contributed by atoms with Gasteiger partial charge in [0.1, 0.15) is 18.0 Å². The lowest BCUT2D eigenvalue weighted by molar-refractivity contribution is 0.173. The lowest BCUT2D eigenvalue weighted by atomic mass is 10.1. The first-order valence-electron chi connectivity index (χ1n) is 6.46. The Labute approximate surface area is 122 Å². The fraction of sp³-hybridized carbons (Fsp3) is 0.429. The third-order valence-corrected chi connectivity index (χ3v) is 3.10.